The molecule has 1 fully saturated rings. The third-order valence-electron chi connectivity index (χ3n) is 5.20. The van der Waals surface area contributed by atoms with E-state index in [0.717, 1.165) is 10.5 Å². The summed E-state index contributed by atoms with van der Waals surface area (Å²) in [6.07, 6.45) is 1.41. The van der Waals surface area contributed by atoms with Crippen molar-refractivity contribution in [1.29, 1.82) is 0 Å². The van der Waals surface area contributed by atoms with E-state index in [4.69, 9.17) is 21.1 Å². The summed E-state index contributed by atoms with van der Waals surface area (Å²) in [5, 5.41) is 5.02. The number of methoxy groups -OCH3 is 1. The van der Waals surface area contributed by atoms with E-state index < -0.39 is 30.2 Å². The SMILES string of the molecule is COc1cc(/C=C2/NC(=O)N(CC(=O)Nc3ccccc3F)C2=O)cc(Cl)c1OCc1ccccc1. The number of nitrogens with zero attached hydrogens (tertiary/aromatic N) is 1. The molecule has 4 rings (SSSR count). The van der Waals surface area contributed by atoms with Gasteiger partial charge in [-0.1, -0.05) is 54.1 Å². The summed E-state index contributed by atoms with van der Waals surface area (Å²) < 4.78 is 25.0. The summed E-state index contributed by atoms with van der Waals surface area (Å²) in [4.78, 5) is 38.1. The van der Waals surface area contributed by atoms with Crippen LogP contribution in [0.2, 0.25) is 5.02 Å². The molecule has 0 bridgehead atoms. The highest BCUT2D eigenvalue weighted by molar-refractivity contribution is 6.32. The van der Waals surface area contributed by atoms with Crippen LogP contribution in [0, 0.1) is 5.82 Å². The molecule has 10 heteroatoms. The van der Waals surface area contributed by atoms with Crippen molar-refractivity contribution in [2.24, 2.45) is 0 Å². The van der Waals surface area contributed by atoms with Crippen LogP contribution in [0.25, 0.3) is 6.08 Å². The molecule has 0 atom stereocenters. The van der Waals surface area contributed by atoms with Crippen molar-refractivity contribution in [2.45, 2.75) is 6.61 Å². The van der Waals surface area contributed by atoms with Crippen molar-refractivity contribution in [3.05, 3.63) is 94.4 Å². The van der Waals surface area contributed by atoms with Gasteiger partial charge in [-0.3, -0.25) is 9.59 Å². The molecule has 184 valence electrons. The van der Waals surface area contributed by atoms with E-state index in [0.29, 0.717) is 17.1 Å². The highest BCUT2D eigenvalue weighted by Gasteiger charge is 2.35. The maximum atomic E-state index is 13.8. The lowest BCUT2D eigenvalue weighted by Crippen LogP contribution is -2.38. The molecule has 0 unspecified atom stereocenters. The molecule has 0 saturated carbocycles. The quantitative estimate of drug-likeness (QED) is 0.342. The Balaban J connectivity index is 1.47. The van der Waals surface area contributed by atoms with E-state index in [-0.39, 0.29) is 23.0 Å². The molecule has 1 aliphatic rings. The standard InChI is InChI=1S/C26H21ClFN3O5/c1-35-22-13-17(11-18(27)24(22)36-15-16-7-3-2-4-8-16)12-21-25(33)31(26(34)30-21)14-23(32)29-20-10-6-5-9-19(20)28/h2-13H,14-15H2,1H3,(H,29,32)(H,30,34)/b21-12+. The topological polar surface area (TPSA) is 97.0 Å². The molecule has 0 aliphatic carbocycles. The van der Waals surface area contributed by atoms with Gasteiger partial charge in [0.25, 0.3) is 5.91 Å². The number of ether oxygens (including phenoxy) is 2. The maximum absolute atomic E-state index is 13.8. The number of urea groups is 1. The van der Waals surface area contributed by atoms with Gasteiger partial charge >= 0.3 is 6.03 Å². The fourth-order valence-corrected chi connectivity index (χ4v) is 3.74. The van der Waals surface area contributed by atoms with Gasteiger partial charge in [-0.05, 0) is 41.5 Å². The molecule has 2 N–H and O–H groups in total. The lowest BCUT2D eigenvalue weighted by Gasteiger charge is -2.14. The van der Waals surface area contributed by atoms with Gasteiger partial charge in [0.15, 0.2) is 11.5 Å². The summed E-state index contributed by atoms with van der Waals surface area (Å²) in [7, 11) is 1.45. The van der Waals surface area contributed by atoms with E-state index >= 15 is 0 Å². The number of hydrogen-bond acceptors (Lipinski definition) is 5. The average Bonchev–Trinajstić information content (AvgIpc) is 3.12. The Bertz CT molecular complexity index is 1350. The first-order valence-corrected chi connectivity index (χ1v) is 11.2. The smallest absolute Gasteiger partial charge is 0.329 e. The highest BCUT2D eigenvalue weighted by atomic mass is 35.5. The predicted octanol–water partition coefficient (Wildman–Crippen LogP) is 4.60. The first-order chi connectivity index (χ1) is 17.4. The van der Waals surface area contributed by atoms with Crippen LogP contribution in [0.15, 0.2) is 72.4 Å². The van der Waals surface area contributed by atoms with Crippen molar-refractivity contribution in [2.75, 3.05) is 19.0 Å². The summed E-state index contributed by atoms with van der Waals surface area (Å²) in [5.74, 6) is -1.41. The van der Waals surface area contributed by atoms with Crippen molar-refractivity contribution in [3.8, 4) is 11.5 Å². The van der Waals surface area contributed by atoms with Crippen LogP contribution in [0.5, 0.6) is 11.5 Å². The number of rotatable bonds is 8. The van der Waals surface area contributed by atoms with Crippen LogP contribution in [0.1, 0.15) is 11.1 Å². The molecule has 0 aromatic heterocycles. The molecule has 0 radical (unpaired) electrons. The Labute approximate surface area is 211 Å². The van der Waals surface area contributed by atoms with Crippen molar-refractivity contribution >= 4 is 41.2 Å². The molecule has 1 aliphatic heterocycles. The lowest BCUT2D eigenvalue weighted by atomic mass is 10.1. The van der Waals surface area contributed by atoms with E-state index in [1.807, 2.05) is 30.3 Å². The Morgan fingerprint density at radius 1 is 1.11 bits per heavy atom. The Hall–Kier alpha value is -4.37. The van der Waals surface area contributed by atoms with E-state index in [2.05, 4.69) is 10.6 Å². The molecular weight excluding hydrogens is 489 g/mol. The summed E-state index contributed by atoms with van der Waals surface area (Å²) in [5.41, 5.74) is 1.29. The monoisotopic (exact) mass is 509 g/mol. The van der Waals surface area contributed by atoms with Crippen molar-refractivity contribution < 1.29 is 28.2 Å². The Kier molecular flexibility index (Phi) is 7.50. The van der Waals surface area contributed by atoms with Gasteiger partial charge in [0.1, 0.15) is 24.7 Å². The van der Waals surface area contributed by atoms with E-state index in [1.54, 1.807) is 18.2 Å². The first-order valence-electron chi connectivity index (χ1n) is 10.8. The number of benzene rings is 3. The second kappa shape index (κ2) is 10.9. The Morgan fingerprint density at radius 2 is 1.83 bits per heavy atom. The van der Waals surface area contributed by atoms with Crippen LogP contribution in [0.4, 0.5) is 14.9 Å². The minimum atomic E-state index is -0.782. The van der Waals surface area contributed by atoms with Gasteiger partial charge in [-0.25, -0.2) is 14.1 Å². The summed E-state index contributed by atoms with van der Waals surface area (Å²) in [6.45, 7) is -0.317. The third kappa shape index (κ3) is 5.64. The zero-order valence-corrected chi connectivity index (χ0v) is 19.8. The predicted molar refractivity (Wildman–Crippen MR) is 132 cm³/mol. The number of nitrogens with one attached hydrogen (secondary N) is 2. The molecule has 8 nitrogen and oxygen atoms in total. The number of para-hydroxylation sites is 1. The number of halogens is 2. The van der Waals surface area contributed by atoms with E-state index in [1.165, 1.54) is 31.4 Å². The Morgan fingerprint density at radius 3 is 2.56 bits per heavy atom. The first kappa shape index (κ1) is 24.7. The van der Waals surface area contributed by atoms with Crippen LogP contribution >= 0.6 is 11.6 Å². The van der Waals surface area contributed by atoms with Crippen LogP contribution in [-0.2, 0) is 16.2 Å². The van der Waals surface area contributed by atoms with Crippen LogP contribution in [-0.4, -0.2) is 36.4 Å². The van der Waals surface area contributed by atoms with Gasteiger partial charge < -0.3 is 20.1 Å². The second-order valence-electron chi connectivity index (χ2n) is 7.72. The number of anilines is 1. The lowest BCUT2D eigenvalue weighted by molar-refractivity contribution is -0.127. The summed E-state index contributed by atoms with van der Waals surface area (Å²) >= 11 is 6.42. The van der Waals surface area contributed by atoms with Gasteiger partial charge in [0.2, 0.25) is 5.91 Å². The molecule has 0 spiro atoms. The van der Waals surface area contributed by atoms with Crippen LogP contribution < -0.4 is 20.1 Å². The minimum absolute atomic E-state index is 0.0540. The van der Waals surface area contributed by atoms with Crippen molar-refractivity contribution in [3.63, 3.8) is 0 Å². The van der Waals surface area contributed by atoms with Gasteiger partial charge in [-0.15, -0.1) is 0 Å². The van der Waals surface area contributed by atoms with Gasteiger partial charge in [0.05, 0.1) is 17.8 Å². The number of carbonyl (C=O) groups is 3. The maximum Gasteiger partial charge on any atom is 0.329 e. The van der Waals surface area contributed by atoms with Gasteiger partial charge in [0, 0.05) is 0 Å². The largest absolute Gasteiger partial charge is 0.493 e. The molecule has 3 aromatic rings. The molecular formula is C26H21ClFN3O5. The number of hydrogen-bond donors (Lipinski definition) is 2. The number of amides is 4. The fraction of sp³-hybridized carbons (Fsp3) is 0.115. The van der Waals surface area contributed by atoms with Gasteiger partial charge in [-0.2, -0.15) is 0 Å². The van der Waals surface area contributed by atoms with Crippen LogP contribution in [0.3, 0.4) is 0 Å². The second-order valence-corrected chi connectivity index (χ2v) is 8.12. The highest BCUT2D eigenvalue weighted by Crippen LogP contribution is 2.37. The zero-order chi connectivity index (χ0) is 25.7. The molecule has 1 saturated heterocycles. The molecule has 1 heterocycles. The fourth-order valence-electron chi connectivity index (χ4n) is 3.47. The van der Waals surface area contributed by atoms with Crippen molar-refractivity contribution in [1.82, 2.24) is 10.2 Å². The molecule has 4 amide bonds. The minimum Gasteiger partial charge on any atom is -0.493 e. The molecule has 3 aromatic carbocycles. The normalized spacial score (nSPS) is 14.1. The summed E-state index contributed by atoms with van der Waals surface area (Å²) in [6, 6.07) is 17.5. The number of imide groups is 1. The average molecular weight is 510 g/mol. The third-order valence-corrected chi connectivity index (χ3v) is 5.48. The molecule has 36 heavy (non-hydrogen) atoms. The van der Waals surface area contributed by atoms with E-state index in [9.17, 15) is 18.8 Å². The number of carbonyl (C=O) groups excluding carboxylic acids is 3. The zero-order valence-electron chi connectivity index (χ0n) is 19.1.